The van der Waals surface area contributed by atoms with Gasteiger partial charge in [-0.1, -0.05) is 6.07 Å². The summed E-state index contributed by atoms with van der Waals surface area (Å²) in [7, 11) is 1.92. The van der Waals surface area contributed by atoms with Gasteiger partial charge < -0.3 is 10.6 Å². The molecule has 86 valence electrons. The van der Waals surface area contributed by atoms with E-state index in [1.807, 2.05) is 18.0 Å². The number of nitrogens with two attached hydrogens (primary N) is 1. The first kappa shape index (κ1) is 12.6. The highest BCUT2D eigenvalue weighted by molar-refractivity contribution is 5.32. The molecule has 0 heterocycles. The molecule has 0 saturated heterocycles. The van der Waals surface area contributed by atoms with Crippen molar-refractivity contribution in [1.29, 1.82) is 5.26 Å². The van der Waals surface area contributed by atoms with E-state index in [0.717, 1.165) is 13.0 Å². The summed E-state index contributed by atoms with van der Waals surface area (Å²) >= 11 is 0. The standard InChI is InChI=1S/C12H16FN3/c1-16(6-2-5-14)9-11-4-3-10(8-15)7-12(11)13/h3-4,7H,2,5-6,9,14H2,1H3. The molecule has 16 heavy (non-hydrogen) atoms. The molecule has 1 aromatic rings. The van der Waals surface area contributed by atoms with E-state index in [4.69, 9.17) is 11.0 Å². The number of hydrogen-bond donors (Lipinski definition) is 1. The topological polar surface area (TPSA) is 53.0 Å². The van der Waals surface area contributed by atoms with Crippen LogP contribution in [0.15, 0.2) is 18.2 Å². The molecule has 1 aromatic carbocycles. The van der Waals surface area contributed by atoms with Crippen LogP contribution in [-0.4, -0.2) is 25.0 Å². The van der Waals surface area contributed by atoms with Gasteiger partial charge in [0.1, 0.15) is 5.82 Å². The van der Waals surface area contributed by atoms with Gasteiger partial charge in [0.2, 0.25) is 0 Å². The average molecular weight is 221 g/mol. The van der Waals surface area contributed by atoms with Crippen molar-refractivity contribution in [2.75, 3.05) is 20.1 Å². The number of nitrogens with zero attached hydrogens (tertiary/aromatic N) is 2. The lowest BCUT2D eigenvalue weighted by Gasteiger charge is -2.16. The molecule has 3 nitrogen and oxygen atoms in total. The maximum Gasteiger partial charge on any atom is 0.129 e. The zero-order chi connectivity index (χ0) is 12.0. The van der Waals surface area contributed by atoms with E-state index in [0.29, 0.717) is 24.2 Å². The van der Waals surface area contributed by atoms with Gasteiger partial charge in [-0.15, -0.1) is 0 Å². The lowest BCUT2D eigenvalue weighted by atomic mass is 10.1. The second-order valence-corrected chi connectivity index (χ2v) is 3.80. The monoisotopic (exact) mass is 221 g/mol. The van der Waals surface area contributed by atoms with Crippen molar-refractivity contribution in [3.8, 4) is 6.07 Å². The predicted molar refractivity (Wildman–Crippen MR) is 61.1 cm³/mol. The zero-order valence-corrected chi connectivity index (χ0v) is 9.41. The zero-order valence-electron chi connectivity index (χ0n) is 9.41. The fourth-order valence-electron chi connectivity index (χ4n) is 1.48. The smallest absolute Gasteiger partial charge is 0.129 e. The predicted octanol–water partition coefficient (Wildman–Crippen LogP) is 1.48. The summed E-state index contributed by atoms with van der Waals surface area (Å²) in [6.45, 7) is 2.02. The van der Waals surface area contributed by atoms with Gasteiger partial charge in [-0.3, -0.25) is 0 Å². The Labute approximate surface area is 95.3 Å². The summed E-state index contributed by atoms with van der Waals surface area (Å²) in [5.74, 6) is -0.321. The molecule has 1 rings (SSSR count). The van der Waals surface area contributed by atoms with Gasteiger partial charge >= 0.3 is 0 Å². The molecule has 0 radical (unpaired) electrons. The lowest BCUT2D eigenvalue weighted by Crippen LogP contribution is -2.21. The first-order valence-corrected chi connectivity index (χ1v) is 5.24. The molecular formula is C12H16FN3. The van der Waals surface area contributed by atoms with E-state index in [2.05, 4.69) is 0 Å². The van der Waals surface area contributed by atoms with Gasteiger partial charge in [0, 0.05) is 12.1 Å². The van der Waals surface area contributed by atoms with E-state index in [-0.39, 0.29) is 5.82 Å². The van der Waals surface area contributed by atoms with Crippen molar-refractivity contribution in [2.45, 2.75) is 13.0 Å². The van der Waals surface area contributed by atoms with E-state index in [1.54, 1.807) is 12.1 Å². The van der Waals surface area contributed by atoms with Crippen LogP contribution >= 0.6 is 0 Å². The lowest BCUT2D eigenvalue weighted by molar-refractivity contribution is 0.319. The van der Waals surface area contributed by atoms with Crippen LogP contribution in [0.3, 0.4) is 0 Å². The van der Waals surface area contributed by atoms with Crippen LogP contribution in [0.25, 0.3) is 0 Å². The second kappa shape index (κ2) is 6.21. The average Bonchev–Trinajstić information content (AvgIpc) is 2.29. The molecule has 0 aliphatic carbocycles. The van der Waals surface area contributed by atoms with Gasteiger partial charge in [-0.25, -0.2) is 4.39 Å². The van der Waals surface area contributed by atoms with Crippen LogP contribution in [0.4, 0.5) is 4.39 Å². The summed E-state index contributed by atoms with van der Waals surface area (Å²) in [5, 5.41) is 8.61. The highest BCUT2D eigenvalue weighted by Crippen LogP contribution is 2.11. The summed E-state index contributed by atoms with van der Waals surface area (Å²) in [6, 6.07) is 6.48. The fraction of sp³-hybridized carbons (Fsp3) is 0.417. The first-order chi connectivity index (χ1) is 7.67. The Morgan fingerprint density at radius 1 is 1.50 bits per heavy atom. The van der Waals surface area contributed by atoms with Crippen LogP contribution in [0.5, 0.6) is 0 Å². The molecule has 0 saturated carbocycles. The van der Waals surface area contributed by atoms with Crippen molar-refractivity contribution in [3.05, 3.63) is 35.1 Å². The van der Waals surface area contributed by atoms with Crippen LogP contribution in [0, 0.1) is 17.1 Å². The van der Waals surface area contributed by atoms with E-state index < -0.39 is 0 Å². The molecule has 0 aromatic heterocycles. The highest BCUT2D eigenvalue weighted by Gasteiger charge is 2.06. The molecule has 4 heteroatoms. The molecule has 0 atom stereocenters. The Balaban J connectivity index is 2.64. The van der Waals surface area contributed by atoms with Gasteiger partial charge in [0.25, 0.3) is 0 Å². The molecule has 0 amide bonds. The molecule has 0 spiro atoms. The number of rotatable bonds is 5. The van der Waals surface area contributed by atoms with E-state index in [1.165, 1.54) is 6.07 Å². The summed E-state index contributed by atoms with van der Waals surface area (Å²) in [6.07, 6.45) is 0.897. The Hall–Kier alpha value is -1.44. The summed E-state index contributed by atoms with van der Waals surface area (Å²) in [5.41, 5.74) is 6.36. The van der Waals surface area contributed by atoms with Crippen LogP contribution in [0.1, 0.15) is 17.5 Å². The maximum atomic E-state index is 13.5. The molecule has 0 unspecified atom stereocenters. The molecule has 2 N–H and O–H groups in total. The minimum absolute atomic E-state index is 0.321. The first-order valence-electron chi connectivity index (χ1n) is 5.24. The van der Waals surface area contributed by atoms with Crippen molar-refractivity contribution in [1.82, 2.24) is 4.90 Å². The van der Waals surface area contributed by atoms with Crippen molar-refractivity contribution >= 4 is 0 Å². The minimum Gasteiger partial charge on any atom is -0.330 e. The van der Waals surface area contributed by atoms with Gasteiger partial charge in [0.15, 0.2) is 0 Å². The van der Waals surface area contributed by atoms with Crippen LogP contribution in [0.2, 0.25) is 0 Å². The van der Waals surface area contributed by atoms with Crippen molar-refractivity contribution in [3.63, 3.8) is 0 Å². The fourth-order valence-corrected chi connectivity index (χ4v) is 1.48. The number of halogens is 1. The van der Waals surface area contributed by atoms with Gasteiger partial charge in [-0.05, 0) is 38.7 Å². The normalized spacial score (nSPS) is 10.4. The van der Waals surface area contributed by atoms with Crippen molar-refractivity contribution in [2.24, 2.45) is 5.73 Å². The summed E-state index contributed by atoms with van der Waals surface area (Å²) < 4.78 is 13.5. The van der Waals surface area contributed by atoms with Crippen LogP contribution in [-0.2, 0) is 6.54 Å². The number of nitriles is 1. The van der Waals surface area contributed by atoms with E-state index in [9.17, 15) is 4.39 Å². The summed E-state index contributed by atoms with van der Waals surface area (Å²) in [4.78, 5) is 2.01. The minimum atomic E-state index is -0.321. The molecular weight excluding hydrogens is 205 g/mol. The third-order valence-corrected chi connectivity index (χ3v) is 2.37. The Kier molecular flexibility index (Phi) is 4.90. The quantitative estimate of drug-likeness (QED) is 0.819. The van der Waals surface area contributed by atoms with Gasteiger partial charge in [0.05, 0.1) is 11.6 Å². The molecule has 0 aliphatic heterocycles. The third-order valence-electron chi connectivity index (χ3n) is 2.37. The van der Waals surface area contributed by atoms with E-state index >= 15 is 0 Å². The largest absolute Gasteiger partial charge is 0.330 e. The van der Waals surface area contributed by atoms with Crippen LogP contribution < -0.4 is 5.73 Å². The Morgan fingerprint density at radius 2 is 2.25 bits per heavy atom. The number of benzene rings is 1. The number of hydrogen-bond acceptors (Lipinski definition) is 3. The van der Waals surface area contributed by atoms with Crippen molar-refractivity contribution < 1.29 is 4.39 Å². The Morgan fingerprint density at radius 3 is 2.81 bits per heavy atom. The molecule has 0 bridgehead atoms. The van der Waals surface area contributed by atoms with Gasteiger partial charge in [-0.2, -0.15) is 5.26 Å². The molecule has 0 fully saturated rings. The molecule has 0 aliphatic rings. The Bertz CT molecular complexity index is 384. The second-order valence-electron chi connectivity index (χ2n) is 3.80. The highest BCUT2D eigenvalue weighted by atomic mass is 19.1. The SMILES string of the molecule is CN(CCCN)Cc1ccc(C#N)cc1F. The maximum absolute atomic E-state index is 13.5. The third kappa shape index (κ3) is 3.61.